The van der Waals surface area contributed by atoms with Crippen molar-refractivity contribution in [2.45, 2.75) is 6.42 Å². The molecule has 7 heteroatoms. The van der Waals surface area contributed by atoms with Crippen LogP contribution in [0.15, 0.2) is 36.7 Å². The fourth-order valence-corrected chi connectivity index (χ4v) is 3.52. The van der Waals surface area contributed by atoms with Crippen molar-refractivity contribution in [3.8, 4) is 11.3 Å². The van der Waals surface area contributed by atoms with Crippen LogP contribution in [0.3, 0.4) is 0 Å². The Labute approximate surface area is 150 Å². The number of hydrogen-bond acceptors (Lipinski definition) is 5. The number of imidazole rings is 1. The molecule has 4 heterocycles. The molecule has 0 amide bonds. The van der Waals surface area contributed by atoms with Gasteiger partial charge in [0, 0.05) is 43.6 Å². The second kappa shape index (κ2) is 6.25. The second-order valence-electron chi connectivity index (χ2n) is 6.70. The molecule has 2 aliphatic heterocycles. The largest absolute Gasteiger partial charge is 0.378 e. The molecule has 26 heavy (non-hydrogen) atoms. The molecule has 3 aromatic rings. The SMILES string of the molecule is Fc1ccc(N2CCC2)cc1-c1ccn2c(N3CCOCC3)cnc2n1. The molecule has 2 saturated heterocycles. The van der Waals surface area contributed by atoms with E-state index in [9.17, 15) is 4.39 Å². The number of hydrogen-bond donors (Lipinski definition) is 0. The standard InChI is InChI=1S/C19H20FN5O/c20-16-3-2-14(23-5-1-6-23)12-15(16)17-4-7-25-18(13-21-19(25)22-17)24-8-10-26-11-9-24/h2-4,7,12-13H,1,5-6,8-11H2. The van der Waals surface area contributed by atoms with E-state index < -0.39 is 0 Å². The van der Waals surface area contributed by atoms with Crippen LogP contribution < -0.4 is 9.80 Å². The van der Waals surface area contributed by atoms with Gasteiger partial charge < -0.3 is 14.5 Å². The Morgan fingerprint density at radius 3 is 2.62 bits per heavy atom. The first-order valence-corrected chi connectivity index (χ1v) is 9.01. The molecule has 0 N–H and O–H groups in total. The van der Waals surface area contributed by atoms with Gasteiger partial charge in [-0.2, -0.15) is 0 Å². The minimum absolute atomic E-state index is 0.258. The quantitative estimate of drug-likeness (QED) is 0.724. The summed E-state index contributed by atoms with van der Waals surface area (Å²) in [5.41, 5.74) is 2.18. The lowest BCUT2D eigenvalue weighted by Crippen LogP contribution is -2.37. The van der Waals surface area contributed by atoms with E-state index >= 15 is 0 Å². The summed E-state index contributed by atoms with van der Waals surface area (Å²) in [6, 6.07) is 7.11. The van der Waals surface area contributed by atoms with Gasteiger partial charge >= 0.3 is 0 Å². The number of aromatic nitrogens is 3. The van der Waals surface area contributed by atoms with E-state index in [2.05, 4.69) is 19.8 Å². The molecule has 6 nitrogen and oxygen atoms in total. The first-order valence-electron chi connectivity index (χ1n) is 9.01. The Morgan fingerprint density at radius 1 is 1.00 bits per heavy atom. The van der Waals surface area contributed by atoms with E-state index in [4.69, 9.17) is 4.74 Å². The summed E-state index contributed by atoms with van der Waals surface area (Å²) < 4.78 is 21.8. The van der Waals surface area contributed by atoms with Gasteiger partial charge in [-0.3, -0.25) is 4.40 Å². The third-order valence-corrected chi connectivity index (χ3v) is 5.14. The number of morpholine rings is 1. The fraction of sp³-hybridized carbons (Fsp3) is 0.368. The molecular weight excluding hydrogens is 333 g/mol. The fourth-order valence-electron chi connectivity index (χ4n) is 3.52. The Bertz CT molecular complexity index is 946. The average Bonchev–Trinajstić information content (AvgIpc) is 3.06. The number of rotatable bonds is 3. The molecule has 0 spiro atoms. The topological polar surface area (TPSA) is 45.9 Å². The van der Waals surface area contributed by atoms with Gasteiger partial charge in [-0.25, -0.2) is 14.4 Å². The van der Waals surface area contributed by atoms with Crippen molar-refractivity contribution in [3.63, 3.8) is 0 Å². The van der Waals surface area contributed by atoms with Gasteiger partial charge in [0.25, 0.3) is 0 Å². The predicted octanol–water partition coefficient (Wildman–Crippen LogP) is 2.58. The molecule has 1 aromatic carbocycles. The molecular formula is C19H20FN5O. The number of halogens is 1. The lowest BCUT2D eigenvalue weighted by atomic mass is 10.1. The van der Waals surface area contributed by atoms with Crippen LogP contribution in [0.5, 0.6) is 0 Å². The van der Waals surface area contributed by atoms with E-state index in [0.29, 0.717) is 30.2 Å². The number of fused-ring (bicyclic) bond motifs is 1. The van der Waals surface area contributed by atoms with E-state index in [-0.39, 0.29) is 5.82 Å². The van der Waals surface area contributed by atoms with Crippen LogP contribution in [0.25, 0.3) is 17.0 Å². The van der Waals surface area contributed by atoms with Gasteiger partial charge in [0.1, 0.15) is 11.6 Å². The smallest absolute Gasteiger partial charge is 0.235 e. The third kappa shape index (κ3) is 2.59. The molecule has 0 unspecified atom stereocenters. The molecule has 0 bridgehead atoms. The van der Waals surface area contributed by atoms with Crippen LogP contribution in [-0.2, 0) is 4.74 Å². The van der Waals surface area contributed by atoms with Crippen LogP contribution >= 0.6 is 0 Å². The van der Waals surface area contributed by atoms with Crippen molar-refractivity contribution in [2.75, 3.05) is 49.2 Å². The zero-order chi connectivity index (χ0) is 17.5. The van der Waals surface area contributed by atoms with Gasteiger partial charge in [-0.05, 0) is 30.7 Å². The molecule has 5 rings (SSSR count). The van der Waals surface area contributed by atoms with E-state index in [1.807, 2.05) is 35.0 Å². The summed E-state index contributed by atoms with van der Waals surface area (Å²) in [5.74, 6) is 1.32. The highest BCUT2D eigenvalue weighted by atomic mass is 19.1. The molecule has 0 atom stereocenters. The van der Waals surface area contributed by atoms with Crippen LogP contribution in [-0.4, -0.2) is 53.8 Å². The highest BCUT2D eigenvalue weighted by Crippen LogP contribution is 2.29. The Balaban J connectivity index is 1.52. The Morgan fingerprint density at radius 2 is 1.85 bits per heavy atom. The third-order valence-electron chi connectivity index (χ3n) is 5.14. The maximum atomic E-state index is 14.4. The summed E-state index contributed by atoms with van der Waals surface area (Å²) >= 11 is 0. The summed E-state index contributed by atoms with van der Waals surface area (Å²) in [6.07, 6.45) is 4.94. The molecule has 0 aliphatic carbocycles. The van der Waals surface area contributed by atoms with E-state index in [0.717, 1.165) is 37.7 Å². The van der Waals surface area contributed by atoms with E-state index in [1.165, 1.54) is 12.5 Å². The summed E-state index contributed by atoms with van der Waals surface area (Å²) in [6.45, 7) is 5.16. The van der Waals surface area contributed by atoms with Gasteiger partial charge in [0.05, 0.1) is 25.1 Å². The molecule has 2 aromatic heterocycles. The Hall–Kier alpha value is -2.67. The molecule has 0 radical (unpaired) electrons. The summed E-state index contributed by atoms with van der Waals surface area (Å²) in [4.78, 5) is 13.5. The summed E-state index contributed by atoms with van der Waals surface area (Å²) in [5, 5.41) is 0. The van der Waals surface area contributed by atoms with Crippen molar-refractivity contribution in [1.29, 1.82) is 0 Å². The van der Waals surface area contributed by atoms with Crippen LogP contribution in [0.4, 0.5) is 15.9 Å². The molecule has 2 aliphatic rings. The first-order chi connectivity index (χ1) is 12.8. The van der Waals surface area contributed by atoms with Crippen LogP contribution in [0.1, 0.15) is 6.42 Å². The highest BCUT2D eigenvalue weighted by molar-refractivity contribution is 5.68. The monoisotopic (exact) mass is 353 g/mol. The van der Waals surface area contributed by atoms with Crippen molar-refractivity contribution in [1.82, 2.24) is 14.4 Å². The molecule has 2 fully saturated rings. The molecule has 134 valence electrons. The number of ether oxygens (including phenoxy) is 1. The number of nitrogens with zero attached hydrogens (tertiary/aromatic N) is 5. The average molecular weight is 353 g/mol. The number of benzene rings is 1. The van der Waals surface area contributed by atoms with Crippen molar-refractivity contribution >= 4 is 17.3 Å². The number of anilines is 2. The van der Waals surface area contributed by atoms with Crippen molar-refractivity contribution < 1.29 is 9.13 Å². The Kier molecular flexibility index (Phi) is 3.74. The first kappa shape index (κ1) is 15.6. The van der Waals surface area contributed by atoms with Crippen molar-refractivity contribution in [3.05, 3.63) is 42.5 Å². The lowest BCUT2D eigenvalue weighted by molar-refractivity contribution is 0.122. The highest BCUT2D eigenvalue weighted by Gasteiger charge is 2.19. The minimum atomic E-state index is -0.258. The lowest BCUT2D eigenvalue weighted by Gasteiger charge is -2.33. The maximum absolute atomic E-state index is 14.4. The zero-order valence-electron chi connectivity index (χ0n) is 14.4. The predicted molar refractivity (Wildman–Crippen MR) is 98.2 cm³/mol. The summed E-state index contributed by atoms with van der Waals surface area (Å²) in [7, 11) is 0. The van der Waals surface area contributed by atoms with Gasteiger partial charge in [-0.15, -0.1) is 0 Å². The minimum Gasteiger partial charge on any atom is -0.378 e. The normalized spacial score (nSPS) is 17.6. The molecule has 0 saturated carbocycles. The van der Waals surface area contributed by atoms with E-state index in [1.54, 1.807) is 0 Å². The maximum Gasteiger partial charge on any atom is 0.235 e. The van der Waals surface area contributed by atoms with Crippen LogP contribution in [0.2, 0.25) is 0 Å². The van der Waals surface area contributed by atoms with Gasteiger partial charge in [-0.1, -0.05) is 0 Å². The van der Waals surface area contributed by atoms with Crippen molar-refractivity contribution in [2.24, 2.45) is 0 Å². The van der Waals surface area contributed by atoms with Gasteiger partial charge in [0.2, 0.25) is 5.78 Å². The van der Waals surface area contributed by atoms with Gasteiger partial charge in [0.15, 0.2) is 0 Å². The second-order valence-corrected chi connectivity index (χ2v) is 6.70. The zero-order valence-corrected chi connectivity index (χ0v) is 14.4. The van der Waals surface area contributed by atoms with Crippen LogP contribution in [0, 0.1) is 5.82 Å².